The number of ether oxygens (including phenoxy) is 2. The van der Waals surface area contributed by atoms with Gasteiger partial charge in [-0.2, -0.15) is 0 Å². The Morgan fingerprint density at radius 3 is 2.74 bits per heavy atom. The fraction of sp³-hybridized carbons (Fsp3) is 0.562. The molecule has 2 rings (SSSR count). The molecule has 1 aliphatic heterocycles. The minimum Gasteiger partial charge on any atom is -1.00 e. The van der Waals surface area contributed by atoms with Crippen LogP contribution in [0.3, 0.4) is 0 Å². The molecule has 1 aliphatic rings. The first-order chi connectivity index (χ1) is 10.6. The quantitative estimate of drug-likeness (QED) is 0.688. The van der Waals surface area contributed by atoms with Gasteiger partial charge in [0.25, 0.3) is 5.91 Å². The van der Waals surface area contributed by atoms with Gasteiger partial charge in [0.05, 0.1) is 18.7 Å². The molecule has 1 saturated heterocycles. The summed E-state index contributed by atoms with van der Waals surface area (Å²) >= 11 is 3.42. The summed E-state index contributed by atoms with van der Waals surface area (Å²) in [5, 5.41) is 6.57. The minimum atomic E-state index is -0.171. The standard InChI is InChI=1S/C16H23BrN2O3.ClH/c1-4-11(12-6-5-9-18-12)19-16(20)14-13(21-2)8-7-10(17)15(14)22-3;/h7-8,11-12,18H,4-6,9H2,1-3H3,(H,19,20);1H/t11-,12?;/m0./s1. The van der Waals surface area contributed by atoms with E-state index in [0.717, 1.165) is 30.3 Å². The van der Waals surface area contributed by atoms with Crippen LogP contribution in [0.15, 0.2) is 16.6 Å². The van der Waals surface area contributed by atoms with E-state index in [-0.39, 0.29) is 25.8 Å². The minimum absolute atomic E-state index is 0. The summed E-state index contributed by atoms with van der Waals surface area (Å²) in [6.07, 6.45) is 3.12. The predicted molar refractivity (Wildman–Crippen MR) is 90.9 cm³/mol. The van der Waals surface area contributed by atoms with E-state index in [9.17, 15) is 4.79 Å². The second kappa shape index (κ2) is 9.35. The topological polar surface area (TPSA) is 59.6 Å². The van der Waals surface area contributed by atoms with Crippen LogP contribution in [0.4, 0.5) is 0 Å². The molecule has 0 radical (unpaired) electrons. The van der Waals surface area contributed by atoms with Crippen LogP contribution < -0.4 is 32.5 Å². The molecule has 23 heavy (non-hydrogen) atoms. The molecular formula is C16H24BrClN2O3. The first kappa shape index (κ1) is 20.1. The molecule has 130 valence electrons. The van der Waals surface area contributed by atoms with E-state index in [1.807, 2.05) is 6.07 Å². The van der Waals surface area contributed by atoms with Crippen molar-refractivity contribution in [2.75, 3.05) is 20.8 Å². The van der Waals surface area contributed by atoms with Gasteiger partial charge >= 0.3 is 1.43 Å². The zero-order chi connectivity index (χ0) is 16.1. The summed E-state index contributed by atoms with van der Waals surface area (Å²) in [6.45, 7) is 3.10. The lowest BCUT2D eigenvalue weighted by Gasteiger charge is -2.24. The van der Waals surface area contributed by atoms with Crippen molar-refractivity contribution in [2.24, 2.45) is 0 Å². The van der Waals surface area contributed by atoms with Crippen molar-refractivity contribution in [1.82, 2.24) is 10.6 Å². The normalized spacial score (nSPS) is 18.0. The van der Waals surface area contributed by atoms with Gasteiger partial charge in [-0.15, -0.1) is 0 Å². The van der Waals surface area contributed by atoms with Crippen molar-refractivity contribution < 1.29 is 28.1 Å². The Morgan fingerprint density at radius 2 is 2.22 bits per heavy atom. The average molecular weight is 408 g/mol. The van der Waals surface area contributed by atoms with Crippen LogP contribution in [-0.4, -0.2) is 38.8 Å². The highest BCUT2D eigenvalue weighted by atomic mass is 79.9. The van der Waals surface area contributed by atoms with Gasteiger partial charge in [0, 0.05) is 12.1 Å². The fourth-order valence-electron chi connectivity index (χ4n) is 2.91. The number of nitrogens with one attached hydrogen (secondary N) is 2. The van der Waals surface area contributed by atoms with E-state index in [1.165, 1.54) is 0 Å². The molecule has 1 aromatic carbocycles. The van der Waals surface area contributed by atoms with Crippen LogP contribution in [0.1, 0.15) is 38.0 Å². The number of hydrogen-bond acceptors (Lipinski definition) is 4. The van der Waals surface area contributed by atoms with Crippen LogP contribution in [0.2, 0.25) is 0 Å². The third-order valence-electron chi connectivity index (χ3n) is 4.06. The van der Waals surface area contributed by atoms with E-state index in [2.05, 4.69) is 33.5 Å². The Morgan fingerprint density at radius 1 is 1.48 bits per heavy atom. The number of halogens is 2. The number of carbonyl (C=O) groups excluding carboxylic acids is 1. The molecule has 0 bridgehead atoms. The van der Waals surface area contributed by atoms with Gasteiger partial charge in [-0.05, 0) is 53.9 Å². The Kier molecular flexibility index (Phi) is 8.16. The Hall–Kier alpha value is -0.980. The van der Waals surface area contributed by atoms with E-state index >= 15 is 0 Å². The Labute approximate surface area is 153 Å². The van der Waals surface area contributed by atoms with Crippen molar-refractivity contribution in [3.05, 3.63) is 22.2 Å². The van der Waals surface area contributed by atoms with Gasteiger partial charge in [-0.25, -0.2) is 0 Å². The second-order valence-corrected chi connectivity index (χ2v) is 6.20. The molecule has 1 heterocycles. The molecule has 1 aromatic rings. The third-order valence-corrected chi connectivity index (χ3v) is 4.69. The summed E-state index contributed by atoms with van der Waals surface area (Å²) in [7, 11) is 3.10. The number of amides is 1. The molecule has 0 saturated carbocycles. The summed E-state index contributed by atoms with van der Waals surface area (Å²) in [5.74, 6) is 0.827. The molecule has 0 aromatic heterocycles. The van der Waals surface area contributed by atoms with Crippen molar-refractivity contribution in [1.29, 1.82) is 0 Å². The van der Waals surface area contributed by atoms with Crippen LogP contribution in [-0.2, 0) is 0 Å². The van der Waals surface area contributed by atoms with E-state index in [0.29, 0.717) is 23.1 Å². The SMILES string of the molecule is CC[C@H](NC(=O)c1c(OC)ccc(Br)c1OC)C1CCCN1.[Cl-].[H+]. The maximum absolute atomic E-state index is 12.8. The van der Waals surface area contributed by atoms with Gasteiger partial charge < -0.3 is 32.5 Å². The maximum Gasteiger partial charge on any atom is 1.00 e. The number of hydrogen-bond donors (Lipinski definition) is 2. The lowest BCUT2D eigenvalue weighted by atomic mass is 10.0. The molecule has 0 aliphatic carbocycles. The summed E-state index contributed by atoms with van der Waals surface area (Å²) in [5.41, 5.74) is 0.427. The summed E-state index contributed by atoms with van der Waals surface area (Å²) in [4.78, 5) is 12.8. The smallest absolute Gasteiger partial charge is 1.00 e. The van der Waals surface area contributed by atoms with Gasteiger partial charge in [0.1, 0.15) is 17.1 Å². The van der Waals surface area contributed by atoms with Gasteiger partial charge in [0.2, 0.25) is 0 Å². The third kappa shape index (κ3) is 4.52. The average Bonchev–Trinajstić information content (AvgIpc) is 3.06. The van der Waals surface area contributed by atoms with E-state index < -0.39 is 0 Å². The molecule has 5 nitrogen and oxygen atoms in total. The van der Waals surface area contributed by atoms with Crippen LogP contribution in [0.5, 0.6) is 11.5 Å². The molecule has 2 N–H and O–H groups in total. The molecule has 7 heteroatoms. The predicted octanol–water partition coefficient (Wildman–Crippen LogP) is -0.157. The number of methoxy groups -OCH3 is 2. The van der Waals surface area contributed by atoms with Crippen molar-refractivity contribution in [2.45, 2.75) is 38.3 Å². The Balaban J connectivity index is 0.00000264. The number of carbonyl (C=O) groups is 1. The highest BCUT2D eigenvalue weighted by Crippen LogP contribution is 2.35. The van der Waals surface area contributed by atoms with Crippen LogP contribution >= 0.6 is 15.9 Å². The van der Waals surface area contributed by atoms with Crippen molar-refractivity contribution >= 4 is 21.8 Å². The molecule has 1 unspecified atom stereocenters. The van der Waals surface area contributed by atoms with E-state index in [1.54, 1.807) is 20.3 Å². The zero-order valence-electron chi connectivity index (χ0n) is 14.6. The van der Waals surface area contributed by atoms with E-state index in [4.69, 9.17) is 9.47 Å². The van der Waals surface area contributed by atoms with Gasteiger partial charge in [0.15, 0.2) is 0 Å². The highest BCUT2D eigenvalue weighted by molar-refractivity contribution is 9.10. The van der Waals surface area contributed by atoms with Crippen molar-refractivity contribution in [3.8, 4) is 11.5 Å². The van der Waals surface area contributed by atoms with Crippen molar-refractivity contribution in [3.63, 3.8) is 0 Å². The van der Waals surface area contributed by atoms with Crippen LogP contribution in [0, 0.1) is 0 Å². The number of rotatable bonds is 6. The first-order valence-corrected chi connectivity index (χ1v) is 8.36. The monoisotopic (exact) mass is 406 g/mol. The lowest BCUT2D eigenvalue weighted by Crippen LogP contribution is -3.00. The zero-order valence-corrected chi connectivity index (χ0v) is 16.0. The molecule has 0 spiro atoms. The largest absolute Gasteiger partial charge is 1.00 e. The summed E-state index contributed by atoms with van der Waals surface area (Å²) in [6, 6.07) is 4.00. The van der Waals surface area contributed by atoms with Crippen LogP contribution in [0.25, 0.3) is 0 Å². The number of benzene rings is 1. The molecule has 1 amide bonds. The highest BCUT2D eigenvalue weighted by Gasteiger charge is 2.28. The van der Waals surface area contributed by atoms with Gasteiger partial charge in [-0.1, -0.05) is 6.92 Å². The second-order valence-electron chi connectivity index (χ2n) is 5.35. The lowest BCUT2D eigenvalue weighted by molar-refractivity contribution is -0.0000142. The maximum atomic E-state index is 12.8. The first-order valence-electron chi connectivity index (χ1n) is 7.57. The summed E-state index contributed by atoms with van der Waals surface area (Å²) < 4.78 is 11.4. The molecule has 2 atom stereocenters. The Bertz CT molecular complexity index is 542. The van der Waals surface area contributed by atoms with Gasteiger partial charge in [-0.3, -0.25) is 4.79 Å². The fourth-order valence-corrected chi connectivity index (χ4v) is 3.40. The molecular weight excluding hydrogens is 384 g/mol. The molecule has 1 fully saturated rings.